The Kier molecular flexibility index (Phi) is 4.91. The van der Waals surface area contributed by atoms with Crippen molar-refractivity contribution in [2.75, 3.05) is 26.7 Å². The van der Waals surface area contributed by atoms with E-state index in [1.54, 1.807) is 12.3 Å². The first-order valence-corrected chi connectivity index (χ1v) is 6.62. The summed E-state index contributed by atoms with van der Waals surface area (Å²) < 4.78 is 5.14. The number of piperidine rings is 1. The van der Waals surface area contributed by atoms with E-state index in [2.05, 4.69) is 21.3 Å². The molecule has 0 aliphatic carbocycles. The molecule has 2 heterocycles. The Morgan fingerprint density at radius 3 is 3.00 bits per heavy atom. The molecule has 1 aromatic rings. The van der Waals surface area contributed by atoms with Gasteiger partial charge in [-0.15, -0.1) is 0 Å². The Labute approximate surface area is 118 Å². The molecule has 1 fully saturated rings. The Bertz CT molecular complexity index is 504. The third-order valence-electron chi connectivity index (χ3n) is 3.47. The molecule has 1 aliphatic heterocycles. The van der Waals surface area contributed by atoms with E-state index in [4.69, 9.17) is 10.00 Å². The number of hydrogen-bond acceptors (Lipinski definition) is 5. The van der Waals surface area contributed by atoms with Crippen LogP contribution in [0, 0.1) is 11.3 Å². The van der Waals surface area contributed by atoms with Gasteiger partial charge < -0.3 is 10.1 Å². The van der Waals surface area contributed by atoms with E-state index in [1.807, 2.05) is 0 Å². The van der Waals surface area contributed by atoms with Crippen LogP contribution in [0.25, 0.3) is 0 Å². The first-order chi connectivity index (χ1) is 9.74. The highest BCUT2D eigenvalue weighted by atomic mass is 16.5. The fourth-order valence-electron chi connectivity index (χ4n) is 2.33. The zero-order valence-electron chi connectivity index (χ0n) is 11.5. The third-order valence-corrected chi connectivity index (χ3v) is 3.47. The molecule has 0 radical (unpaired) electrons. The number of nitrogens with one attached hydrogen (secondary N) is 1. The summed E-state index contributed by atoms with van der Waals surface area (Å²) in [5.74, 6) is 0.342. The average molecular weight is 274 g/mol. The summed E-state index contributed by atoms with van der Waals surface area (Å²) in [6.07, 6.45) is 4.83. The van der Waals surface area contributed by atoms with E-state index in [1.165, 1.54) is 13.3 Å². The Hall–Kier alpha value is -2.13. The monoisotopic (exact) mass is 274 g/mol. The fourth-order valence-corrected chi connectivity index (χ4v) is 2.33. The summed E-state index contributed by atoms with van der Waals surface area (Å²) in [4.78, 5) is 18.2. The van der Waals surface area contributed by atoms with Crippen LogP contribution in [-0.4, -0.2) is 48.6 Å². The standard InChI is InChI=1S/C14H18N4O2/c1-20-13-10-16-6-2-12(13)14(19)17-11-3-7-18(8-4-11)9-5-15/h2,6,10-11H,3-4,7-9H2,1H3,(H,17,19). The number of methoxy groups -OCH3 is 1. The number of carbonyl (C=O) groups is 1. The number of nitriles is 1. The summed E-state index contributed by atoms with van der Waals surface area (Å²) in [6, 6.07) is 3.95. The summed E-state index contributed by atoms with van der Waals surface area (Å²) in [5, 5.41) is 11.7. The molecule has 2 rings (SSSR count). The first kappa shape index (κ1) is 14.3. The van der Waals surface area contributed by atoms with E-state index < -0.39 is 0 Å². The Morgan fingerprint density at radius 2 is 2.35 bits per heavy atom. The molecule has 0 aromatic carbocycles. The number of likely N-dealkylation sites (tertiary alicyclic amines) is 1. The molecule has 0 saturated carbocycles. The van der Waals surface area contributed by atoms with Crippen LogP contribution in [0.1, 0.15) is 23.2 Å². The Morgan fingerprint density at radius 1 is 1.60 bits per heavy atom. The minimum Gasteiger partial charge on any atom is -0.494 e. The topological polar surface area (TPSA) is 78.2 Å². The lowest BCUT2D eigenvalue weighted by Crippen LogP contribution is -2.44. The quantitative estimate of drug-likeness (QED) is 0.822. The lowest BCUT2D eigenvalue weighted by atomic mass is 10.0. The molecule has 0 spiro atoms. The van der Waals surface area contributed by atoms with Gasteiger partial charge in [-0.3, -0.25) is 14.7 Å². The molecular formula is C14H18N4O2. The van der Waals surface area contributed by atoms with Crippen molar-refractivity contribution in [1.29, 1.82) is 5.26 Å². The predicted octanol–water partition coefficient (Wildman–Crippen LogP) is 0.808. The minimum absolute atomic E-state index is 0.136. The van der Waals surface area contributed by atoms with Crippen molar-refractivity contribution in [1.82, 2.24) is 15.2 Å². The molecule has 1 aromatic heterocycles. The highest BCUT2D eigenvalue weighted by molar-refractivity contribution is 5.96. The molecule has 1 amide bonds. The van der Waals surface area contributed by atoms with Gasteiger partial charge in [0.25, 0.3) is 5.91 Å². The molecule has 0 unspecified atom stereocenters. The van der Waals surface area contributed by atoms with E-state index in [-0.39, 0.29) is 11.9 Å². The van der Waals surface area contributed by atoms with Gasteiger partial charge in [0.15, 0.2) is 0 Å². The van der Waals surface area contributed by atoms with Crippen molar-refractivity contribution in [3.8, 4) is 11.8 Å². The maximum Gasteiger partial charge on any atom is 0.255 e. The largest absolute Gasteiger partial charge is 0.494 e. The second kappa shape index (κ2) is 6.87. The van der Waals surface area contributed by atoms with E-state index >= 15 is 0 Å². The van der Waals surface area contributed by atoms with E-state index in [0.29, 0.717) is 17.9 Å². The zero-order chi connectivity index (χ0) is 14.4. The number of hydrogen-bond donors (Lipinski definition) is 1. The van der Waals surface area contributed by atoms with Crippen LogP contribution in [0.4, 0.5) is 0 Å². The maximum atomic E-state index is 12.2. The van der Waals surface area contributed by atoms with Crippen molar-refractivity contribution in [3.63, 3.8) is 0 Å². The van der Waals surface area contributed by atoms with Gasteiger partial charge in [0, 0.05) is 25.3 Å². The third kappa shape index (κ3) is 3.45. The molecule has 6 heteroatoms. The van der Waals surface area contributed by atoms with Crippen molar-refractivity contribution in [2.45, 2.75) is 18.9 Å². The number of carbonyl (C=O) groups excluding carboxylic acids is 1. The normalized spacial score (nSPS) is 16.4. The van der Waals surface area contributed by atoms with Gasteiger partial charge >= 0.3 is 0 Å². The number of amides is 1. The molecule has 20 heavy (non-hydrogen) atoms. The van der Waals surface area contributed by atoms with Crippen molar-refractivity contribution < 1.29 is 9.53 Å². The summed E-state index contributed by atoms with van der Waals surface area (Å²) in [7, 11) is 1.52. The van der Waals surface area contributed by atoms with Crippen LogP contribution in [0.5, 0.6) is 5.75 Å². The smallest absolute Gasteiger partial charge is 0.255 e. The first-order valence-electron chi connectivity index (χ1n) is 6.62. The second-order valence-electron chi connectivity index (χ2n) is 4.76. The zero-order valence-corrected chi connectivity index (χ0v) is 11.5. The lowest BCUT2D eigenvalue weighted by molar-refractivity contribution is 0.0911. The van der Waals surface area contributed by atoms with Gasteiger partial charge in [0.05, 0.1) is 31.5 Å². The number of nitrogens with zero attached hydrogens (tertiary/aromatic N) is 3. The van der Waals surface area contributed by atoms with Crippen molar-refractivity contribution >= 4 is 5.91 Å². The van der Waals surface area contributed by atoms with Gasteiger partial charge in [-0.05, 0) is 18.9 Å². The minimum atomic E-state index is -0.136. The average Bonchev–Trinajstić information content (AvgIpc) is 2.49. The number of aromatic nitrogens is 1. The fraction of sp³-hybridized carbons (Fsp3) is 0.500. The SMILES string of the molecule is COc1cnccc1C(=O)NC1CCN(CC#N)CC1. The number of pyridine rings is 1. The van der Waals surface area contributed by atoms with Crippen LogP contribution in [0.3, 0.4) is 0 Å². The maximum absolute atomic E-state index is 12.2. The Balaban J connectivity index is 1.91. The van der Waals surface area contributed by atoms with Crippen molar-refractivity contribution in [3.05, 3.63) is 24.0 Å². The molecule has 1 saturated heterocycles. The molecule has 106 valence electrons. The van der Waals surface area contributed by atoms with Crippen LogP contribution >= 0.6 is 0 Å². The van der Waals surface area contributed by atoms with Crippen LogP contribution in [0.15, 0.2) is 18.5 Å². The van der Waals surface area contributed by atoms with Crippen LogP contribution < -0.4 is 10.1 Å². The number of ether oxygens (including phenoxy) is 1. The van der Waals surface area contributed by atoms with Gasteiger partial charge in [0.2, 0.25) is 0 Å². The summed E-state index contributed by atoms with van der Waals surface area (Å²) in [6.45, 7) is 2.14. The second-order valence-corrected chi connectivity index (χ2v) is 4.76. The highest BCUT2D eigenvalue weighted by Crippen LogP contribution is 2.17. The summed E-state index contributed by atoms with van der Waals surface area (Å²) >= 11 is 0. The van der Waals surface area contributed by atoms with Gasteiger partial charge in [-0.25, -0.2) is 0 Å². The van der Waals surface area contributed by atoms with Crippen molar-refractivity contribution in [2.24, 2.45) is 0 Å². The molecule has 0 atom stereocenters. The number of rotatable bonds is 4. The molecular weight excluding hydrogens is 256 g/mol. The van der Waals surface area contributed by atoms with Gasteiger partial charge in [-0.2, -0.15) is 5.26 Å². The van der Waals surface area contributed by atoms with E-state index in [9.17, 15) is 4.79 Å². The van der Waals surface area contributed by atoms with Gasteiger partial charge in [-0.1, -0.05) is 0 Å². The molecule has 1 N–H and O–H groups in total. The van der Waals surface area contributed by atoms with Crippen LogP contribution in [0.2, 0.25) is 0 Å². The summed E-state index contributed by atoms with van der Waals surface area (Å²) in [5.41, 5.74) is 0.502. The lowest BCUT2D eigenvalue weighted by Gasteiger charge is -2.30. The van der Waals surface area contributed by atoms with Crippen LogP contribution in [-0.2, 0) is 0 Å². The predicted molar refractivity (Wildman–Crippen MR) is 73.3 cm³/mol. The van der Waals surface area contributed by atoms with E-state index in [0.717, 1.165) is 25.9 Å². The molecule has 6 nitrogen and oxygen atoms in total. The molecule has 1 aliphatic rings. The highest BCUT2D eigenvalue weighted by Gasteiger charge is 2.22. The molecule has 0 bridgehead atoms. The van der Waals surface area contributed by atoms with Gasteiger partial charge in [0.1, 0.15) is 5.75 Å².